The summed E-state index contributed by atoms with van der Waals surface area (Å²) in [6, 6.07) is 11.0. The molecule has 24 heavy (non-hydrogen) atoms. The number of nitrogens with zero attached hydrogens (tertiary/aromatic N) is 2. The average molecular weight is 344 g/mol. The summed E-state index contributed by atoms with van der Waals surface area (Å²) in [6.45, 7) is 2.79. The Hall–Kier alpha value is -2.37. The van der Waals surface area contributed by atoms with Crippen molar-refractivity contribution in [1.29, 1.82) is 0 Å². The number of ether oxygens (including phenoxy) is 1. The van der Waals surface area contributed by atoms with E-state index < -0.39 is 0 Å². The lowest BCUT2D eigenvalue weighted by Gasteiger charge is -2.31. The van der Waals surface area contributed by atoms with Crippen molar-refractivity contribution in [3.8, 4) is 0 Å². The van der Waals surface area contributed by atoms with Crippen LogP contribution in [0.3, 0.4) is 0 Å². The van der Waals surface area contributed by atoms with E-state index in [4.69, 9.17) is 16.3 Å². The zero-order chi connectivity index (χ0) is 16.8. The van der Waals surface area contributed by atoms with Crippen LogP contribution in [-0.4, -0.2) is 37.2 Å². The van der Waals surface area contributed by atoms with Gasteiger partial charge in [-0.3, -0.25) is 9.78 Å². The number of amides is 1. The number of rotatable bonds is 4. The quantitative estimate of drug-likeness (QED) is 0.866. The van der Waals surface area contributed by atoms with Gasteiger partial charge in [0, 0.05) is 25.4 Å². The Labute approximate surface area is 145 Å². The second-order valence-corrected chi connectivity index (χ2v) is 5.72. The summed E-state index contributed by atoms with van der Waals surface area (Å²) in [5, 5.41) is 3.51. The molecular formula is C18H18ClN3O2. The van der Waals surface area contributed by atoms with Crippen LogP contribution in [0.15, 0.2) is 48.7 Å². The number of benzene rings is 1. The molecule has 1 aromatic heterocycles. The first-order chi connectivity index (χ1) is 11.7. The van der Waals surface area contributed by atoms with Gasteiger partial charge in [0.15, 0.2) is 0 Å². The number of pyridine rings is 1. The Morgan fingerprint density at radius 3 is 2.79 bits per heavy atom. The molecule has 0 radical (unpaired) electrons. The van der Waals surface area contributed by atoms with Crippen LogP contribution in [0, 0.1) is 0 Å². The predicted octanol–water partition coefficient (Wildman–Crippen LogP) is 3.22. The molecule has 1 aliphatic heterocycles. The molecule has 0 unspecified atom stereocenters. The molecule has 2 aromatic rings. The van der Waals surface area contributed by atoms with Gasteiger partial charge in [0.1, 0.15) is 0 Å². The van der Waals surface area contributed by atoms with E-state index in [1.54, 1.807) is 12.3 Å². The van der Waals surface area contributed by atoms with Gasteiger partial charge in [0.05, 0.1) is 35.3 Å². The van der Waals surface area contributed by atoms with Crippen molar-refractivity contribution in [3.63, 3.8) is 0 Å². The average Bonchev–Trinajstić information content (AvgIpc) is 2.62. The smallest absolute Gasteiger partial charge is 0.248 e. The van der Waals surface area contributed by atoms with Gasteiger partial charge < -0.3 is 15.0 Å². The highest BCUT2D eigenvalue weighted by Gasteiger charge is 2.18. The summed E-state index contributed by atoms with van der Waals surface area (Å²) in [6.07, 6.45) is 4.83. The number of carbonyl (C=O) groups is 1. The number of halogens is 1. The van der Waals surface area contributed by atoms with Crippen molar-refractivity contribution in [2.45, 2.75) is 0 Å². The highest BCUT2D eigenvalue weighted by atomic mass is 35.5. The summed E-state index contributed by atoms with van der Waals surface area (Å²) >= 11 is 6.36. The van der Waals surface area contributed by atoms with Gasteiger partial charge in [-0.2, -0.15) is 0 Å². The van der Waals surface area contributed by atoms with Crippen molar-refractivity contribution in [2.75, 3.05) is 36.5 Å². The fourth-order valence-electron chi connectivity index (χ4n) is 2.53. The minimum Gasteiger partial charge on any atom is -0.378 e. The van der Waals surface area contributed by atoms with Gasteiger partial charge in [-0.1, -0.05) is 23.7 Å². The molecule has 1 saturated heterocycles. The van der Waals surface area contributed by atoms with E-state index in [9.17, 15) is 4.79 Å². The van der Waals surface area contributed by atoms with Gasteiger partial charge in [0.25, 0.3) is 0 Å². The molecule has 1 aromatic carbocycles. The Kier molecular flexibility index (Phi) is 5.46. The highest BCUT2D eigenvalue weighted by Crippen LogP contribution is 2.34. The lowest BCUT2D eigenvalue weighted by molar-refractivity contribution is -0.111. The first-order valence-electron chi connectivity index (χ1n) is 7.75. The molecule has 0 saturated carbocycles. The Morgan fingerprint density at radius 2 is 2.04 bits per heavy atom. The summed E-state index contributed by atoms with van der Waals surface area (Å²) in [7, 11) is 0. The number of para-hydroxylation sites is 1. The monoisotopic (exact) mass is 343 g/mol. The highest BCUT2D eigenvalue weighted by molar-refractivity contribution is 6.34. The first kappa shape index (κ1) is 16.5. The SMILES string of the molecule is O=C(/C=C/c1ccccn1)Nc1cccc(Cl)c1N1CCOCC1. The molecular weight excluding hydrogens is 326 g/mol. The Morgan fingerprint density at radius 1 is 1.21 bits per heavy atom. The van der Waals surface area contributed by atoms with Crippen molar-refractivity contribution in [2.24, 2.45) is 0 Å². The minimum absolute atomic E-state index is 0.225. The molecule has 0 bridgehead atoms. The largest absolute Gasteiger partial charge is 0.378 e. The van der Waals surface area contributed by atoms with Crippen LogP contribution in [0.1, 0.15) is 5.69 Å². The zero-order valence-electron chi connectivity index (χ0n) is 13.1. The van der Waals surface area contributed by atoms with Crippen LogP contribution in [0.5, 0.6) is 0 Å². The Balaban J connectivity index is 1.76. The molecule has 6 heteroatoms. The molecule has 1 N–H and O–H groups in total. The molecule has 0 spiro atoms. The van der Waals surface area contributed by atoms with Crippen molar-refractivity contribution in [3.05, 3.63) is 59.4 Å². The normalized spacial score (nSPS) is 14.8. The third-order valence-corrected chi connectivity index (χ3v) is 3.97. The summed E-state index contributed by atoms with van der Waals surface area (Å²) < 4.78 is 5.38. The van der Waals surface area contributed by atoms with E-state index in [-0.39, 0.29) is 5.91 Å². The van der Waals surface area contributed by atoms with Crippen LogP contribution in [0.4, 0.5) is 11.4 Å². The van der Waals surface area contributed by atoms with E-state index in [1.165, 1.54) is 6.08 Å². The third-order valence-electron chi connectivity index (χ3n) is 3.67. The Bertz CT molecular complexity index is 728. The van der Waals surface area contributed by atoms with Gasteiger partial charge >= 0.3 is 0 Å². The summed E-state index contributed by atoms with van der Waals surface area (Å²) in [5.74, 6) is -0.225. The number of nitrogens with one attached hydrogen (secondary N) is 1. The number of hydrogen-bond acceptors (Lipinski definition) is 4. The standard InChI is InChI=1S/C18H18ClN3O2/c19-15-5-3-6-16(18(15)22-10-12-24-13-11-22)21-17(23)8-7-14-4-1-2-9-20-14/h1-9H,10-13H2,(H,21,23)/b8-7+. The van der Waals surface area contributed by atoms with Crippen LogP contribution in [0.25, 0.3) is 6.08 Å². The maximum absolute atomic E-state index is 12.2. The zero-order valence-corrected chi connectivity index (χ0v) is 13.9. The van der Waals surface area contributed by atoms with E-state index >= 15 is 0 Å². The van der Waals surface area contributed by atoms with Crippen LogP contribution >= 0.6 is 11.6 Å². The van der Waals surface area contributed by atoms with Crippen LogP contribution < -0.4 is 10.2 Å². The first-order valence-corrected chi connectivity index (χ1v) is 8.13. The molecule has 1 amide bonds. The van der Waals surface area contributed by atoms with Crippen molar-refractivity contribution in [1.82, 2.24) is 4.98 Å². The molecule has 1 fully saturated rings. The molecule has 0 aliphatic carbocycles. The summed E-state index contributed by atoms with van der Waals surface area (Å²) in [5.41, 5.74) is 2.26. The fourth-order valence-corrected chi connectivity index (χ4v) is 2.83. The number of hydrogen-bond donors (Lipinski definition) is 1. The molecule has 2 heterocycles. The van der Waals surface area contributed by atoms with Crippen LogP contribution in [0.2, 0.25) is 5.02 Å². The maximum atomic E-state index is 12.2. The molecule has 5 nitrogen and oxygen atoms in total. The van der Waals surface area contributed by atoms with Gasteiger partial charge in [-0.05, 0) is 30.3 Å². The summed E-state index contributed by atoms with van der Waals surface area (Å²) in [4.78, 5) is 18.5. The van der Waals surface area contributed by atoms with Gasteiger partial charge in [-0.15, -0.1) is 0 Å². The molecule has 1 aliphatic rings. The molecule has 3 rings (SSSR count). The van der Waals surface area contributed by atoms with Gasteiger partial charge in [0.2, 0.25) is 5.91 Å². The second kappa shape index (κ2) is 7.95. The van der Waals surface area contributed by atoms with Gasteiger partial charge in [-0.25, -0.2) is 0 Å². The minimum atomic E-state index is -0.225. The lowest BCUT2D eigenvalue weighted by Crippen LogP contribution is -2.37. The van der Waals surface area contributed by atoms with Crippen molar-refractivity contribution < 1.29 is 9.53 Å². The third kappa shape index (κ3) is 4.13. The van der Waals surface area contributed by atoms with E-state index in [2.05, 4.69) is 15.2 Å². The van der Waals surface area contributed by atoms with Crippen molar-refractivity contribution >= 4 is 35.0 Å². The number of anilines is 2. The number of morpholine rings is 1. The molecule has 0 atom stereocenters. The van der Waals surface area contributed by atoms with Crippen LogP contribution in [-0.2, 0) is 9.53 Å². The predicted molar refractivity (Wildman–Crippen MR) is 96.4 cm³/mol. The fraction of sp³-hybridized carbons (Fsp3) is 0.222. The number of aromatic nitrogens is 1. The molecule has 124 valence electrons. The topological polar surface area (TPSA) is 54.5 Å². The maximum Gasteiger partial charge on any atom is 0.248 e. The van der Waals surface area contributed by atoms with E-state index in [1.807, 2.05) is 36.4 Å². The second-order valence-electron chi connectivity index (χ2n) is 5.31. The van der Waals surface area contributed by atoms with E-state index in [0.717, 1.165) is 24.5 Å². The van der Waals surface area contributed by atoms with E-state index in [0.29, 0.717) is 23.9 Å². The lowest BCUT2D eigenvalue weighted by atomic mass is 10.2. The number of carbonyl (C=O) groups excluding carboxylic acids is 1.